The fourth-order valence-corrected chi connectivity index (χ4v) is 4.13. The molecule has 2 aliphatic rings. The van der Waals surface area contributed by atoms with Crippen LogP contribution in [-0.4, -0.2) is 60.0 Å². The summed E-state index contributed by atoms with van der Waals surface area (Å²) in [5, 5.41) is 10.6. The quantitative estimate of drug-likeness (QED) is 0.376. The Morgan fingerprint density at radius 1 is 0.972 bits per heavy atom. The van der Waals surface area contributed by atoms with Gasteiger partial charge in [0.2, 0.25) is 0 Å². The van der Waals surface area contributed by atoms with Crippen LogP contribution in [0.5, 0.6) is 5.75 Å². The summed E-state index contributed by atoms with van der Waals surface area (Å²) in [6, 6.07) is 0. The Hall–Kier alpha value is -3.15. The number of hydrogen-bond acceptors (Lipinski definition) is 10. The molecule has 10 heteroatoms. The molecule has 2 saturated heterocycles. The fraction of sp³-hybridized carbons (Fsp3) is 0.577. The fourth-order valence-electron chi connectivity index (χ4n) is 4.13. The molecule has 1 aromatic rings. The van der Waals surface area contributed by atoms with Crippen LogP contribution in [0.15, 0.2) is 6.20 Å². The summed E-state index contributed by atoms with van der Waals surface area (Å²) in [5.74, 6) is -0.671. The van der Waals surface area contributed by atoms with E-state index >= 15 is 0 Å². The van der Waals surface area contributed by atoms with Crippen molar-refractivity contribution in [1.82, 2.24) is 4.98 Å². The van der Waals surface area contributed by atoms with E-state index in [0.29, 0.717) is 37.7 Å². The van der Waals surface area contributed by atoms with Crippen LogP contribution < -0.4 is 0 Å². The molecule has 2 atom stereocenters. The molecule has 1 N–H and O–H groups in total. The number of rotatable bonds is 10. The summed E-state index contributed by atoms with van der Waals surface area (Å²) in [4.78, 5) is 29.9. The van der Waals surface area contributed by atoms with Crippen LogP contribution in [0.1, 0.15) is 43.5 Å². The zero-order valence-corrected chi connectivity index (χ0v) is 20.7. The minimum atomic E-state index is -1.20. The summed E-state index contributed by atoms with van der Waals surface area (Å²) in [6.45, 7) is 5.65. The van der Waals surface area contributed by atoms with Crippen LogP contribution >= 0.6 is 0 Å². The number of esters is 2. The van der Waals surface area contributed by atoms with Crippen molar-refractivity contribution in [2.75, 3.05) is 26.4 Å². The van der Waals surface area contributed by atoms with E-state index in [-0.39, 0.29) is 37.4 Å². The van der Waals surface area contributed by atoms with Gasteiger partial charge in [-0.3, -0.25) is 14.6 Å². The first-order valence-corrected chi connectivity index (χ1v) is 11.6. The number of carbonyl (C=O) groups excluding carboxylic acids is 2. The SMILES string of the molecule is C#CCC(C(=O)OCc1cnc(C)c(O)c1COC(=O)C(CC#C)C1(C)OCCO1)C1(C)OCCO1. The number of aryl methyl sites for hydroxylation is 1. The van der Waals surface area contributed by atoms with Gasteiger partial charge in [-0.15, -0.1) is 24.7 Å². The number of carbonyl (C=O) groups is 2. The number of nitrogens with zero attached hydrogens (tertiary/aromatic N) is 1. The molecule has 0 saturated carbocycles. The average Bonchev–Trinajstić information content (AvgIpc) is 3.50. The molecular weight excluding hydrogens is 470 g/mol. The van der Waals surface area contributed by atoms with Gasteiger partial charge in [0, 0.05) is 30.2 Å². The second-order valence-electron chi connectivity index (χ2n) is 8.76. The van der Waals surface area contributed by atoms with Crippen LogP contribution in [-0.2, 0) is 51.2 Å². The van der Waals surface area contributed by atoms with Crippen LogP contribution in [0.3, 0.4) is 0 Å². The molecule has 36 heavy (non-hydrogen) atoms. The minimum absolute atomic E-state index is 0.0423. The first kappa shape index (κ1) is 27.4. The molecule has 0 aromatic carbocycles. The molecule has 2 fully saturated rings. The number of ether oxygens (including phenoxy) is 6. The van der Waals surface area contributed by atoms with E-state index in [1.54, 1.807) is 20.8 Å². The first-order chi connectivity index (χ1) is 17.1. The highest BCUT2D eigenvalue weighted by Gasteiger charge is 2.46. The van der Waals surface area contributed by atoms with Crippen molar-refractivity contribution in [3.63, 3.8) is 0 Å². The molecule has 0 bridgehead atoms. The maximum Gasteiger partial charge on any atom is 0.315 e. The van der Waals surface area contributed by atoms with Gasteiger partial charge >= 0.3 is 11.9 Å². The van der Waals surface area contributed by atoms with Gasteiger partial charge in [0.25, 0.3) is 0 Å². The zero-order valence-electron chi connectivity index (χ0n) is 20.7. The van der Waals surface area contributed by atoms with Crippen molar-refractivity contribution >= 4 is 11.9 Å². The highest BCUT2D eigenvalue weighted by molar-refractivity contribution is 5.75. The van der Waals surface area contributed by atoms with E-state index in [2.05, 4.69) is 16.8 Å². The third-order valence-corrected chi connectivity index (χ3v) is 6.36. The lowest BCUT2D eigenvalue weighted by molar-refractivity contribution is -0.201. The van der Waals surface area contributed by atoms with Gasteiger partial charge in [0.05, 0.1) is 32.1 Å². The maximum absolute atomic E-state index is 12.9. The molecule has 194 valence electrons. The Kier molecular flexibility index (Phi) is 8.93. The lowest BCUT2D eigenvalue weighted by atomic mass is 9.96. The Morgan fingerprint density at radius 3 is 1.86 bits per heavy atom. The van der Waals surface area contributed by atoms with Crippen molar-refractivity contribution < 1.29 is 43.1 Å². The number of aromatic hydroxyl groups is 1. The monoisotopic (exact) mass is 501 g/mol. The van der Waals surface area contributed by atoms with Gasteiger partial charge in [0.15, 0.2) is 11.6 Å². The lowest BCUT2D eigenvalue weighted by Crippen LogP contribution is -2.41. The van der Waals surface area contributed by atoms with Crippen LogP contribution in [0.4, 0.5) is 0 Å². The third-order valence-electron chi connectivity index (χ3n) is 6.36. The van der Waals surface area contributed by atoms with Crippen molar-refractivity contribution in [3.8, 4) is 30.4 Å². The second kappa shape index (κ2) is 11.7. The zero-order chi connectivity index (χ0) is 26.3. The summed E-state index contributed by atoms with van der Waals surface area (Å²) in [7, 11) is 0. The van der Waals surface area contributed by atoms with Gasteiger partial charge in [-0.1, -0.05) is 0 Å². The summed E-state index contributed by atoms with van der Waals surface area (Å²) >= 11 is 0. The largest absolute Gasteiger partial charge is 0.506 e. The first-order valence-electron chi connectivity index (χ1n) is 11.6. The van der Waals surface area contributed by atoms with Gasteiger partial charge in [-0.05, 0) is 20.8 Å². The van der Waals surface area contributed by atoms with E-state index in [1.807, 2.05) is 0 Å². The van der Waals surface area contributed by atoms with Crippen LogP contribution in [0, 0.1) is 43.4 Å². The van der Waals surface area contributed by atoms with E-state index in [4.69, 9.17) is 41.3 Å². The van der Waals surface area contributed by atoms with Gasteiger partial charge in [-0.2, -0.15) is 0 Å². The van der Waals surface area contributed by atoms with Gasteiger partial charge in [0.1, 0.15) is 30.8 Å². The normalized spacial score (nSPS) is 19.6. The van der Waals surface area contributed by atoms with E-state index in [9.17, 15) is 14.7 Å². The Morgan fingerprint density at radius 2 is 1.42 bits per heavy atom. The molecule has 0 aliphatic carbocycles. The van der Waals surface area contributed by atoms with Gasteiger partial charge < -0.3 is 33.5 Å². The van der Waals surface area contributed by atoms with Crippen molar-refractivity contribution in [2.24, 2.45) is 11.8 Å². The predicted octanol–water partition coefficient (Wildman–Crippen LogP) is 1.99. The number of pyridine rings is 1. The van der Waals surface area contributed by atoms with Crippen LogP contribution in [0.2, 0.25) is 0 Å². The molecule has 0 radical (unpaired) electrons. The molecule has 3 heterocycles. The third kappa shape index (κ3) is 5.97. The lowest BCUT2D eigenvalue weighted by Gasteiger charge is -2.30. The Labute approximate surface area is 210 Å². The Balaban J connectivity index is 1.73. The topological polar surface area (TPSA) is 123 Å². The van der Waals surface area contributed by atoms with Crippen LogP contribution in [0.25, 0.3) is 0 Å². The second-order valence-corrected chi connectivity index (χ2v) is 8.76. The number of hydrogen-bond donors (Lipinski definition) is 1. The maximum atomic E-state index is 12.9. The smallest absolute Gasteiger partial charge is 0.315 e. The molecule has 10 nitrogen and oxygen atoms in total. The van der Waals surface area contributed by atoms with E-state index in [1.165, 1.54) is 6.20 Å². The summed E-state index contributed by atoms with van der Waals surface area (Å²) in [6.07, 6.45) is 12.4. The number of aromatic nitrogens is 1. The molecule has 0 spiro atoms. The summed E-state index contributed by atoms with van der Waals surface area (Å²) < 4.78 is 33.3. The van der Waals surface area contributed by atoms with Crippen molar-refractivity contribution in [2.45, 2.75) is 58.4 Å². The Bertz CT molecular complexity index is 1040. The number of terminal acetylenes is 2. The molecular formula is C26H31NO9. The van der Waals surface area contributed by atoms with E-state index in [0.717, 1.165) is 0 Å². The molecule has 0 amide bonds. The standard InChI is InChI=1S/C26H31NO9/c1-6-8-20(25(4)33-10-11-34-25)23(29)31-15-18-14-27-17(3)22(28)19(18)16-32-24(30)21(9-7-2)26(5)35-12-13-36-26/h1-2,14,20-21,28H,8-13,15-16H2,3-5H3. The van der Waals surface area contributed by atoms with E-state index < -0.39 is 35.3 Å². The molecule has 2 unspecified atom stereocenters. The predicted molar refractivity (Wildman–Crippen MR) is 125 cm³/mol. The van der Waals surface area contributed by atoms with Gasteiger partial charge in [-0.25, -0.2) is 0 Å². The highest BCUT2D eigenvalue weighted by Crippen LogP contribution is 2.34. The summed E-state index contributed by atoms with van der Waals surface area (Å²) in [5.41, 5.74) is 0.913. The molecule has 1 aromatic heterocycles. The minimum Gasteiger partial charge on any atom is -0.506 e. The highest BCUT2D eigenvalue weighted by atomic mass is 16.7. The molecule has 3 rings (SSSR count). The average molecular weight is 502 g/mol. The van der Waals surface area contributed by atoms with Crippen molar-refractivity contribution in [1.29, 1.82) is 0 Å². The van der Waals surface area contributed by atoms with Crippen molar-refractivity contribution in [3.05, 3.63) is 23.0 Å². The molecule has 2 aliphatic heterocycles.